The fourth-order valence-electron chi connectivity index (χ4n) is 3.65. The standard InChI is InChI=1S/C23H17Cl2NO3S/c24-15-4-3-14(19(25)10-15)7-8-26-12-18-20(28-13-26)6-5-17-22(27)21(29-23(17)18)11-16-2-1-9-30-16/h1-6,9-11H,7-8,12-13H2/b21-11-. The maximum absolute atomic E-state index is 12.8. The third-order valence-corrected chi connectivity index (χ3v) is 6.62. The number of ether oxygens (including phenoxy) is 2. The second-order valence-electron chi connectivity index (χ2n) is 7.19. The highest BCUT2D eigenvalue weighted by molar-refractivity contribution is 7.10. The number of carbonyl (C=O) groups is 1. The zero-order valence-corrected chi connectivity index (χ0v) is 18.2. The third kappa shape index (κ3) is 3.74. The minimum Gasteiger partial charge on any atom is -0.478 e. The summed E-state index contributed by atoms with van der Waals surface area (Å²) in [4.78, 5) is 16.0. The number of Topliss-reactive ketones (excluding diaryl/α,β-unsaturated/α-hetero) is 1. The van der Waals surface area contributed by atoms with Crippen LogP contribution < -0.4 is 9.47 Å². The van der Waals surface area contributed by atoms with E-state index in [-0.39, 0.29) is 5.78 Å². The Hall–Kier alpha value is -2.31. The molecule has 0 radical (unpaired) electrons. The first-order valence-electron chi connectivity index (χ1n) is 9.51. The fourth-order valence-corrected chi connectivity index (χ4v) is 4.80. The quantitative estimate of drug-likeness (QED) is 0.445. The molecule has 0 bridgehead atoms. The van der Waals surface area contributed by atoms with Gasteiger partial charge in [-0.3, -0.25) is 9.69 Å². The minimum atomic E-state index is -0.0914. The second-order valence-corrected chi connectivity index (χ2v) is 9.01. The molecule has 2 aliphatic rings. The summed E-state index contributed by atoms with van der Waals surface area (Å²) >= 11 is 13.8. The molecule has 0 atom stereocenters. The Labute approximate surface area is 188 Å². The summed E-state index contributed by atoms with van der Waals surface area (Å²) in [6.07, 6.45) is 2.57. The topological polar surface area (TPSA) is 38.8 Å². The van der Waals surface area contributed by atoms with Crippen LogP contribution in [0.25, 0.3) is 6.08 Å². The molecule has 0 spiro atoms. The number of rotatable bonds is 4. The van der Waals surface area contributed by atoms with Crippen LogP contribution in [0.3, 0.4) is 0 Å². The Bertz CT molecular complexity index is 1160. The molecule has 0 fully saturated rings. The summed E-state index contributed by atoms with van der Waals surface area (Å²) in [6, 6.07) is 13.1. The molecule has 0 aliphatic carbocycles. The number of ketones is 1. The molecule has 7 heteroatoms. The second kappa shape index (κ2) is 8.08. The number of carbonyl (C=O) groups excluding carboxylic acids is 1. The zero-order chi connectivity index (χ0) is 20.7. The van der Waals surface area contributed by atoms with Crippen molar-refractivity contribution in [3.05, 3.63) is 85.2 Å². The molecular formula is C23H17Cl2NO3S. The number of halogens is 2. The van der Waals surface area contributed by atoms with Gasteiger partial charge >= 0.3 is 0 Å². The highest BCUT2D eigenvalue weighted by atomic mass is 35.5. The minimum absolute atomic E-state index is 0.0914. The summed E-state index contributed by atoms with van der Waals surface area (Å²) in [5, 5.41) is 3.27. The fraction of sp³-hybridized carbons (Fsp3) is 0.174. The van der Waals surface area contributed by atoms with Crippen molar-refractivity contribution in [1.82, 2.24) is 4.90 Å². The molecule has 0 amide bonds. The van der Waals surface area contributed by atoms with Crippen LogP contribution in [0.2, 0.25) is 10.0 Å². The van der Waals surface area contributed by atoms with Gasteiger partial charge in [0, 0.05) is 34.1 Å². The highest BCUT2D eigenvalue weighted by Gasteiger charge is 2.33. The van der Waals surface area contributed by atoms with Gasteiger partial charge in [0.25, 0.3) is 0 Å². The first-order valence-corrected chi connectivity index (χ1v) is 11.1. The first kappa shape index (κ1) is 19.6. The Kier molecular flexibility index (Phi) is 5.29. The lowest BCUT2D eigenvalue weighted by Crippen LogP contribution is -2.33. The number of nitrogens with zero attached hydrogens (tertiary/aromatic N) is 1. The summed E-state index contributed by atoms with van der Waals surface area (Å²) < 4.78 is 11.9. The van der Waals surface area contributed by atoms with Crippen molar-refractivity contribution < 1.29 is 14.3 Å². The van der Waals surface area contributed by atoms with Crippen molar-refractivity contribution in [2.45, 2.75) is 13.0 Å². The molecule has 0 saturated heterocycles. The molecular weight excluding hydrogens is 441 g/mol. The van der Waals surface area contributed by atoms with Gasteiger partial charge in [-0.15, -0.1) is 11.3 Å². The van der Waals surface area contributed by atoms with Gasteiger partial charge in [0.1, 0.15) is 18.2 Å². The number of hydrogen-bond donors (Lipinski definition) is 0. The third-order valence-electron chi connectivity index (χ3n) is 5.21. The van der Waals surface area contributed by atoms with Crippen LogP contribution in [-0.2, 0) is 13.0 Å². The molecule has 1 aromatic heterocycles. The summed E-state index contributed by atoms with van der Waals surface area (Å²) in [5.74, 6) is 1.63. The number of fused-ring (bicyclic) bond motifs is 3. The molecule has 5 rings (SSSR count). The summed E-state index contributed by atoms with van der Waals surface area (Å²) in [5.41, 5.74) is 2.53. The van der Waals surface area contributed by atoms with Crippen LogP contribution in [0.5, 0.6) is 11.5 Å². The summed E-state index contributed by atoms with van der Waals surface area (Å²) in [6.45, 7) is 1.88. The Morgan fingerprint density at radius 3 is 2.87 bits per heavy atom. The van der Waals surface area contributed by atoms with Gasteiger partial charge in [0.2, 0.25) is 5.78 Å². The Morgan fingerprint density at radius 1 is 1.17 bits per heavy atom. The van der Waals surface area contributed by atoms with Crippen molar-refractivity contribution in [2.24, 2.45) is 0 Å². The molecule has 0 unspecified atom stereocenters. The summed E-state index contributed by atoms with van der Waals surface area (Å²) in [7, 11) is 0. The van der Waals surface area contributed by atoms with E-state index in [0.29, 0.717) is 40.4 Å². The van der Waals surface area contributed by atoms with E-state index in [1.165, 1.54) is 0 Å². The van der Waals surface area contributed by atoms with Crippen molar-refractivity contribution in [3.63, 3.8) is 0 Å². The molecule has 3 heterocycles. The molecule has 0 saturated carbocycles. The van der Waals surface area contributed by atoms with Crippen molar-refractivity contribution in [3.8, 4) is 11.5 Å². The monoisotopic (exact) mass is 457 g/mol. The molecule has 3 aromatic rings. The van der Waals surface area contributed by atoms with Crippen LogP contribution in [0.1, 0.15) is 26.4 Å². The van der Waals surface area contributed by atoms with Crippen molar-refractivity contribution in [2.75, 3.05) is 13.3 Å². The molecule has 4 nitrogen and oxygen atoms in total. The van der Waals surface area contributed by atoms with E-state index in [2.05, 4.69) is 4.90 Å². The van der Waals surface area contributed by atoms with Gasteiger partial charge in [0.05, 0.1) is 11.1 Å². The van der Waals surface area contributed by atoms with Crippen LogP contribution in [0, 0.1) is 0 Å². The van der Waals surface area contributed by atoms with Crippen LogP contribution >= 0.6 is 34.5 Å². The number of benzene rings is 2. The maximum atomic E-state index is 12.8. The van der Waals surface area contributed by atoms with Gasteiger partial charge in [-0.25, -0.2) is 0 Å². The SMILES string of the molecule is O=C1/C(=C/c2cccs2)Oc2c1ccc1c2CN(CCc2ccc(Cl)cc2Cl)CO1. The van der Waals surface area contributed by atoms with E-state index in [4.69, 9.17) is 32.7 Å². The average Bonchev–Trinajstić information content (AvgIpc) is 3.36. The van der Waals surface area contributed by atoms with E-state index in [0.717, 1.165) is 34.7 Å². The number of allylic oxidation sites excluding steroid dienone is 1. The molecule has 152 valence electrons. The van der Waals surface area contributed by atoms with E-state index >= 15 is 0 Å². The lowest BCUT2D eigenvalue weighted by molar-refractivity contribution is 0.0950. The highest BCUT2D eigenvalue weighted by Crippen LogP contribution is 2.42. The zero-order valence-electron chi connectivity index (χ0n) is 15.9. The lowest BCUT2D eigenvalue weighted by atomic mass is 10.0. The lowest BCUT2D eigenvalue weighted by Gasteiger charge is -2.29. The van der Waals surface area contributed by atoms with Crippen molar-refractivity contribution in [1.29, 1.82) is 0 Å². The molecule has 2 aromatic carbocycles. The molecule has 30 heavy (non-hydrogen) atoms. The van der Waals surface area contributed by atoms with Gasteiger partial charge in [-0.05, 0) is 47.7 Å². The Balaban J connectivity index is 1.35. The molecule has 0 N–H and O–H groups in total. The predicted molar refractivity (Wildman–Crippen MR) is 120 cm³/mol. The Morgan fingerprint density at radius 2 is 2.07 bits per heavy atom. The van der Waals surface area contributed by atoms with Crippen LogP contribution in [0.15, 0.2) is 53.6 Å². The maximum Gasteiger partial charge on any atom is 0.232 e. The van der Waals surface area contributed by atoms with Gasteiger partial charge < -0.3 is 9.47 Å². The van der Waals surface area contributed by atoms with E-state index in [9.17, 15) is 4.79 Å². The normalized spacial score (nSPS) is 16.9. The van der Waals surface area contributed by atoms with Gasteiger partial charge in [-0.2, -0.15) is 0 Å². The van der Waals surface area contributed by atoms with Crippen molar-refractivity contribution >= 4 is 46.4 Å². The van der Waals surface area contributed by atoms with E-state index in [1.807, 2.05) is 35.7 Å². The molecule has 2 aliphatic heterocycles. The van der Waals surface area contributed by atoms with Crippen LogP contribution in [-0.4, -0.2) is 24.0 Å². The number of hydrogen-bond acceptors (Lipinski definition) is 5. The smallest absolute Gasteiger partial charge is 0.232 e. The largest absolute Gasteiger partial charge is 0.478 e. The number of thiophene rings is 1. The van der Waals surface area contributed by atoms with E-state index in [1.54, 1.807) is 29.5 Å². The van der Waals surface area contributed by atoms with Gasteiger partial charge in [-0.1, -0.05) is 35.3 Å². The predicted octanol–water partition coefficient (Wildman–Crippen LogP) is 6.07. The van der Waals surface area contributed by atoms with E-state index < -0.39 is 0 Å². The van der Waals surface area contributed by atoms with Gasteiger partial charge in [0.15, 0.2) is 5.76 Å². The first-order chi connectivity index (χ1) is 14.6. The average molecular weight is 458 g/mol. The van der Waals surface area contributed by atoms with Crippen LogP contribution in [0.4, 0.5) is 0 Å².